The van der Waals surface area contributed by atoms with Gasteiger partial charge in [0.2, 0.25) is 0 Å². The fourth-order valence-electron chi connectivity index (χ4n) is 0.664. The number of hydrogen-bond donors (Lipinski definition) is 1. The van der Waals surface area contributed by atoms with E-state index in [0.717, 1.165) is 11.8 Å². The Morgan fingerprint density at radius 1 is 1.50 bits per heavy atom. The molecule has 0 aliphatic heterocycles. The zero-order chi connectivity index (χ0) is 11.0. The summed E-state index contributed by atoms with van der Waals surface area (Å²) in [6.07, 6.45) is 2.69. The van der Waals surface area contributed by atoms with Crippen molar-refractivity contribution in [2.45, 2.75) is 6.92 Å². The van der Waals surface area contributed by atoms with E-state index in [2.05, 4.69) is 13.2 Å². The van der Waals surface area contributed by atoms with Crippen LogP contribution in [0.4, 0.5) is 4.39 Å². The van der Waals surface area contributed by atoms with Gasteiger partial charge in [-0.2, -0.15) is 0 Å². The van der Waals surface area contributed by atoms with Crippen molar-refractivity contribution in [3.8, 4) is 0 Å². The molecule has 0 unspecified atom stereocenters. The minimum Gasteiger partial charge on any atom is -0.308 e. The van der Waals surface area contributed by atoms with Gasteiger partial charge in [-0.3, -0.25) is 0 Å². The summed E-state index contributed by atoms with van der Waals surface area (Å²) in [4.78, 5) is 0. The number of benzene rings is 1. The summed E-state index contributed by atoms with van der Waals surface area (Å²) in [5.41, 5.74) is 1.61. The Bertz CT molecular complexity index is 302. The number of rotatable bonds is 2. The molecule has 0 bridgehead atoms. The van der Waals surface area contributed by atoms with Crippen LogP contribution in [0.5, 0.6) is 0 Å². The average Bonchev–Trinajstić information content (AvgIpc) is 2.17. The van der Waals surface area contributed by atoms with Gasteiger partial charge >= 0.3 is 0 Å². The molecule has 0 atom stereocenters. The highest BCUT2D eigenvalue weighted by Crippen LogP contribution is 1.99. The van der Waals surface area contributed by atoms with Crippen LogP contribution in [0.25, 0.3) is 0 Å². The molecule has 1 nitrogen and oxygen atoms in total. The van der Waals surface area contributed by atoms with E-state index in [1.165, 1.54) is 18.2 Å². The third-order valence-corrected chi connectivity index (χ3v) is 1.43. The van der Waals surface area contributed by atoms with E-state index in [-0.39, 0.29) is 5.82 Å². The van der Waals surface area contributed by atoms with Gasteiger partial charge in [-0.25, -0.2) is 4.39 Å². The Kier molecular flexibility index (Phi) is 5.95. The van der Waals surface area contributed by atoms with Crippen LogP contribution < -0.4 is 0 Å². The summed E-state index contributed by atoms with van der Waals surface area (Å²) in [5.74, 6) is -0.162. The van der Waals surface area contributed by atoms with Crippen LogP contribution in [0.3, 0.4) is 0 Å². The molecule has 0 aliphatic carbocycles. The Morgan fingerprint density at radius 3 is 2.36 bits per heavy atom. The highest BCUT2D eigenvalue weighted by molar-refractivity contribution is 5.78. The highest BCUT2D eigenvalue weighted by Gasteiger charge is 1.84. The normalized spacial score (nSPS) is 8.14. The van der Waals surface area contributed by atoms with Crippen molar-refractivity contribution >= 4 is 6.21 Å². The summed E-state index contributed by atoms with van der Waals surface area (Å²) in [6.45, 7) is 8.68. The molecule has 0 aliphatic rings. The SMILES string of the molecule is C=CC(=C)C=N.Cc1cccc(F)c1. The fraction of sp³-hybridized carbons (Fsp3) is 0.0833. The van der Waals surface area contributed by atoms with E-state index >= 15 is 0 Å². The van der Waals surface area contributed by atoms with Crippen molar-refractivity contribution in [3.05, 3.63) is 60.5 Å². The van der Waals surface area contributed by atoms with Crippen LogP contribution in [0.15, 0.2) is 49.1 Å². The topological polar surface area (TPSA) is 23.9 Å². The van der Waals surface area contributed by atoms with E-state index in [9.17, 15) is 4.39 Å². The number of aryl methyl sites for hydroxylation is 1. The molecule has 0 heterocycles. The van der Waals surface area contributed by atoms with E-state index in [1.807, 2.05) is 13.0 Å². The van der Waals surface area contributed by atoms with Gasteiger partial charge in [0.05, 0.1) is 0 Å². The third-order valence-electron chi connectivity index (χ3n) is 1.43. The van der Waals surface area contributed by atoms with Crippen LogP contribution in [0.1, 0.15) is 5.56 Å². The third kappa shape index (κ3) is 5.89. The lowest BCUT2D eigenvalue weighted by atomic mass is 10.2. The first-order valence-corrected chi connectivity index (χ1v) is 4.14. The van der Waals surface area contributed by atoms with Gasteiger partial charge in [0.15, 0.2) is 0 Å². The number of allylic oxidation sites excluding steroid dienone is 2. The molecule has 74 valence electrons. The van der Waals surface area contributed by atoms with Gasteiger partial charge in [-0.05, 0) is 30.2 Å². The average molecular weight is 191 g/mol. The Hall–Kier alpha value is -1.70. The first-order valence-electron chi connectivity index (χ1n) is 4.14. The van der Waals surface area contributed by atoms with Crippen LogP contribution in [-0.4, -0.2) is 6.21 Å². The highest BCUT2D eigenvalue weighted by atomic mass is 19.1. The maximum Gasteiger partial charge on any atom is 0.123 e. The van der Waals surface area contributed by atoms with Gasteiger partial charge in [-0.1, -0.05) is 31.4 Å². The predicted octanol–water partition coefficient (Wildman–Crippen LogP) is 3.51. The molecule has 1 aromatic rings. The summed E-state index contributed by atoms with van der Waals surface area (Å²) in [6, 6.07) is 6.50. The molecule has 0 spiro atoms. The number of nitrogens with one attached hydrogen (secondary N) is 1. The molecule has 1 N–H and O–H groups in total. The zero-order valence-electron chi connectivity index (χ0n) is 8.26. The quantitative estimate of drug-likeness (QED) is 0.546. The monoisotopic (exact) mass is 191 g/mol. The van der Waals surface area contributed by atoms with E-state index in [0.29, 0.717) is 5.57 Å². The van der Waals surface area contributed by atoms with Gasteiger partial charge in [0, 0.05) is 6.21 Å². The largest absolute Gasteiger partial charge is 0.308 e. The minimum absolute atomic E-state index is 0.162. The summed E-state index contributed by atoms with van der Waals surface area (Å²) >= 11 is 0. The van der Waals surface area contributed by atoms with E-state index < -0.39 is 0 Å². The van der Waals surface area contributed by atoms with Crippen molar-refractivity contribution < 1.29 is 4.39 Å². The van der Waals surface area contributed by atoms with Crippen molar-refractivity contribution in [1.29, 1.82) is 5.41 Å². The maximum absolute atomic E-state index is 12.2. The lowest BCUT2D eigenvalue weighted by molar-refractivity contribution is 0.626. The molecule has 2 heteroatoms. The lowest BCUT2D eigenvalue weighted by Gasteiger charge is -1.87. The molecular weight excluding hydrogens is 177 g/mol. The molecule has 0 amide bonds. The van der Waals surface area contributed by atoms with Crippen molar-refractivity contribution in [3.63, 3.8) is 0 Å². The molecule has 1 rings (SSSR count). The Balaban J connectivity index is 0.000000255. The molecule has 0 radical (unpaired) electrons. The van der Waals surface area contributed by atoms with E-state index in [1.54, 1.807) is 6.07 Å². The first-order chi connectivity index (χ1) is 6.60. The molecule has 0 saturated carbocycles. The lowest BCUT2D eigenvalue weighted by Crippen LogP contribution is -1.72. The van der Waals surface area contributed by atoms with Crippen LogP contribution in [0.2, 0.25) is 0 Å². The molecule has 14 heavy (non-hydrogen) atoms. The molecule has 0 aromatic heterocycles. The molecule has 1 aromatic carbocycles. The summed E-state index contributed by atoms with van der Waals surface area (Å²) in [5, 5.41) is 6.51. The van der Waals surface area contributed by atoms with Gasteiger partial charge in [-0.15, -0.1) is 0 Å². The number of hydrogen-bond acceptors (Lipinski definition) is 1. The fourth-order valence-corrected chi connectivity index (χ4v) is 0.664. The van der Waals surface area contributed by atoms with Gasteiger partial charge in [0.1, 0.15) is 5.82 Å². The Morgan fingerprint density at radius 2 is 2.14 bits per heavy atom. The summed E-state index contributed by atoms with van der Waals surface area (Å²) < 4.78 is 12.2. The molecule has 0 saturated heterocycles. The van der Waals surface area contributed by atoms with Crippen molar-refractivity contribution in [2.75, 3.05) is 0 Å². The second-order valence-electron chi connectivity index (χ2n) is 2.72. The van der Waals surface area contributed by atoms with Crippen molar-refractivity contribution in [1.82, 2.24) is 0 Å². The number of halogens is 1. The van der Waals surface area contributed by atoms with Gasteiger partial charge < -0.3 is 5.41 Å². The zero-order valence-corrected chi connectivity index (χ0v) is 8.26. The smallest absolute Gasteiger partial charge is 0.123 e. The Labute approximate surface area is 84.1 Å². The molecular formula is C12H14FN. The van der Waals surface area contributed by atoms with Crippen LogP contribution in [0, 0.1) is 18.2 Å². The van der Waals surface area contributed by atoms with Crippen molar-refractivity contribution in [2.24, 2.45) is 0 Å². The minimum atomic E-state index is -0.162. The molecule has 0 fully saturated rings. The maximum atomic E-state index is 12.2. The second kappa shape index (κ2) is 6.78. The van der Waals surface area contributed by atoms with Crippen LogP contribution in [-0.2, 0) is 0 Å². The summed E-state index contributed by atoms with van der Waals surface area (Å²) in [7, 11) is 0. The van der Waals surface area contributed by atoms with Crippen LogP contribution >= 0.6 is 0 Å². The second-order valence-corrected chi connectivity index (χ2v) is 2.72. The standard InChI is InChI=1S/C7H7F.C5H7N/c1-6-3-2-4-7(8)5-6;1-3-5(2)4-6/h2-5H,1H3;3-4,6H,1-2H2. The van der Waals surface area contributed by atoms with E-state index in [4.69, 9.17) is 5.41 Å². The first kappa shape index (κ1) is 12.3. The van der Waals surface area contributed by atoms with Gasteiger partial charge in [0.25, 0.3) is 0 Å². The predicted molar refractivity (Wildman–Crippen MR) is 59.3 cm³/mol.